The van der Waals surface area contributed by atoms with Crippen molar-refractivity contribution in [2.24, 2.45) is 0 Å². The summed E-state index contributed by atoms with van der Waals surface area (Å²) in [5.41, 5.74) is 9.77. The molecule has 0 aromatic heterocycles. The van der Waals surface area contributed by atoms with E-state index in [9.17, 15) is 14.7 Å². The van der Waals surface area contributed by atoms with Crippen LogP contribution in [0.5, 0.6) is 0 Å². The molecule has 0 unspecified atom stereocenters. The van der Waals surface area contributed by atoms with Gasteiger partial charge in [-0.15, -0.1) is 0 Å². The van der Waals surface area contributed by atoms with Crippen LogP contribution in [0.3, 0.4) is 0 Å². The quantitative estimate of drug-likeness (QED) is 0.300. The van der Waals surface area contributed by atoms with Gasteiger partial charge < -0.3 is 29.2 Å². The van der Waals surface area contributed by atoms with Crippen LogP contribution in [0.1, 0.15) is 76.8 Å². The fourth-order valence-electron chi connectivity index (χ4n) is 7.77. The number of benzene rings is 3. The minimum atomic E-state index is -1.17. The average Bonchev–Trinajstić information content (AvgIpc) is 3.07. The Morgan fingerprint density at radius 2 is 1.72 bits per heavy atom. The standard InChI is InChI=1S/C39H47N3O5/c1-39(2)32-24-34-26(10-8-15-41(34)18-20-46-4)22-30(32)37(28-12-6-7-13-29(28)38(45)40(3)17-14-36(43)44)31-23-27-11-9-16-42(19-21-47-5)35(27)25-33(31)39/h6-7,12-13,22-25H,8-11,14-21H2,1-5H3. The number of carbonyl (C=O) groups is 2. The molecule has 0 fully saturated rings. The number of carboxylic acid groups (broad SMARTS) is 1. The molecule has 0 saturated carbocycles. The number of carboxylic acids is 1. The lowest BCUT2D eigenvalue weighted by Gasteiger charge is -2.39. The predicted molar refractivity (Wildman–Crippen MR) is 182 cm³/mol. The number of hydrogen-bond donors (Lipinski definition) is 0. The number of methoxy groups -OCH3 is 2. The summed E-state index contributed by atoms with van der Waals surface area (Å²) in [4.78, 5) is 29.2. The number of carbonyl (C=O) groups excluding carboxylic acids is 2. The molecule has 6 rings (SSSR count). The summed E-state index contributed by atoms with van der Waals surface area (Å²) >= 11 is 0. The molecular weight excluding hydrogens is 590 g/mol. The minimum absolute atomic E-state index is 0.0840. The second-order valence-electron chi connectivity index (χ2n) is 13.6. The first kappa shape index (κ1) is 32.9. The molecule has 47 heavy (non-hydrogen) atoms. The molecule has 0 N–H and O–H groups in total. The van der Waals surface area contributed by atoms with Gasteiger partial charge in [-0.05, 0) is 82.1 Å². The van der Waals surface area contributed by atoms with Gasteiger partial charge in [0.1, 0.15) is 13.2 Å². The summed E-state index contributed by atoms with van der Waals surface area (Å²) in [5.74, 6) is -1.37. The van der Waals surface area contributed by atoms with E-state index in [1.54, 1.807) is 21.3 Å². The number of hydrogen-bond acceptors (Lipinski definition) is 6. The lowest BCUT2D eigenvalue weighted by Crippen LogP contribution is -2.44. The van der Waals surface area contributed by atoms with Gasteiger partial charge in [-0.1, -0.05) is 32.0 Å². The molecule has 0 atom stereocenters. The predicted octanol–water partition coefficient (Wildman–Crippen LogP) is 2.27. The fraction of sp³-hybridized carbons (Fsp3) is 0.462. The van der Waals surface area contributed by atoms with Crippen LogP contribution in [0, 0.1) is 0 Å². The van der Waals surface area contributed by atoms with E-state index < -0.39 is 5.97 Å². The lowest BCUT2D eigenvalue weighted by molar-refractivity contribution is -0.305. The zero-order chi connectivity index (χ0) is 33.3. The van der Waals surface area contributed by atoms with Crippen molar-refractivity contribution < 1.29 is 24.2 Å². The zero-order valence-corrected chi connectivity index (χ0v) is 28.5. The fourth-order valence-corrected chi connectivity index (χ4v) is 7.77. The molecule has 3 aliphatic rings. The molecule has 8 nitrogen and oxygen atoms in total. The molecule has 3 aromatic rings. The third-order valence-electron chi connectivity index (χ3n) is 10.3. The molecule has 0 spiro atoms. The molecule has 3 aromatic carbocycles. The molecule has 0 bridgehead atoms. The summed E-state index contributed by atoms with van der Waals surface area (Å²) in [6.45, 7) is 9.77. The Morgan fingerprint density at radius 1 is 0.957 bits per heavy atom. The number of nitrogens with zero attached hydrogens (tertiary/aromatic N) is 3. The smallest absolute Gasteiger partial charge is 0.254 e. The van der Waals surface area contributed by atoms with Gasteiger partial charge in [0.05, 0.1) is 6.61 Å². The van der Waals surface area contributed by atoms with Crippen molar-refractivity contribution in [3.63, 3.8) is 0 Å². The molecule has 248 valence electrons. The molecule has 2 heterocycles. The summed E-state index contributed by atoms with van der Waals surface area (Å²) in [6.07, 6.45) is 3.94. The van der Waals surface area contributed by atoms with Crippen molar-refractivity contribution in [2.45, 2.75) is 51.4 Å². The lowest BCUT2D eigenvalue weighted by atomic mass is 9.67. The van der Waals surface area contributed by atoms with E-state index in [1.807, 2.05) is 18.2 Å². The monoisotopic (exact) mass is 637 g/mol. The van der Waals surface area contributed by atoms with Crippen LogP contribution in [-0.2, 0) is 32.5 Å². The molecule has 0 radical (unpaired) electrons. The molecule has 0 saturated heterocycles. The van der Waals surface area contributed by atoms with Gasteiger partial charge in [0.25, 0.3) is 5.91 Å². The van der Waals surface area contributed by atoms with E-state index in [2.05, 4.69) is 53.7 Å². The highest BCUT2D eigenvalue weighted by atomic mass is 16.5. The molecular formula is C39H47N3O5. The van der Waals surface area contributed by atoms with Gasteiger partial charge >= 0.3 is 0 Å². The maximum absolute atomic E-state index is 14.0. The van der Waals surface area contributed by atoms with Crippen LogP contribution < -0.4 is 25.2 Å². The normalized spacial score (nSPS) is 16.2. The van der Waals surface area contributed by atoms with Crippen molar-refractivity contribution in [3.05, 3.63) is 98.1 Å². The third kappa shape index (κ3) is 6.21. The highest BCUT2D eigenvalue weighted by Gasteiger charge is 2.37. The molecule has 1 aliphatic carbocycles. The van der Waals surface area contributed by atoms with E-state index in [4.69, 9.17) is 9.47 Å². The Labute approximate surface area is 277 Å². The Hall–Kier alpha value is -4.01. The van der Waals surface area contributed by atoms with Crippen LogP contribution in [0.4, 0.5) is 5.69 Å². The highest BCUT2D eigenvalue weighted by Crippen LogP contribution is 2.44. The first-order valence-corrected chi connectivity index (χ1v) is 16.9. The van der Waals surface area contributed by atoms with Crippen LogP contribution in [0.2, 0.25) is 0 Å². The van der Waals surface area contributed by atoms with E-state index in [0.717, 1.165) is 63.0 Å². The van der Waals surface area contributed by atoms with Gasteiger partial charge in [-0.2, -0.15) is 0 Å². The van der Waals surface area contributed by atoms with E-state index in [1.165, 1.54) is 49.0 Å². The Bertz CT molecular complexity index is 1830. The Balaban J connectivity index is 1.65. The molecule has 2 aliphatic heterocycles. The van der Waals surface area contributed by atoms with E-state index in [0.29, 0.717) is 18.8 Å². The Morgan fingerprint density at radius 3 is 2.49 bits per heavy atom. The van der Waals surface area contributed by atoms with Crippen LogP contribution in [0.15, 0.2) is 48.5 Å². The summed E-state index contributed by atoms with van der Waals surface area (Å²) in [6, 6.07) is 17.4. The zero-order valence-electron chi connectivity index (χ0n) is 28.5. The van der Waals surface area contributed by atoms with Crippen molar-refractivity contribution in [3.8, 4) is 0 Å². The largest absolute Gasteiger partial charge is 0.550 e. The SMILES string of the molecule is COCCN1CCCc2cc3c(cc21)C(C)(C)c1cc2c(cc1=C3c1ccccc1C(=O)N(C)CCC(=O)[O-])CCC[N+]=2CCOC. The minimum Gasteiger partial charge on any atom is -0.550 e. The number of anilines is 1. The molecule has 8 heteroatoms. The van der Waals surface area contributed by atoms with Gasteiger partial charge in [0, 0.05) is 88.0 Å². The second kappa shape index (κ2) is 13.6. The maximum atomic E-state index is 14.0. The van der Waals surface area contributed by atoms with Crippen molar-refractivity contribution >= 4 is 23.1 Å². The van der Waals surface area contributed by atoms with Crippen LogP contribution in [0.25, 0.3) is 5.57 Å². The number of amides is 1. The maximum Gasteiger partial charge on any atom is 0.254 e. The van der Waals surface area contributed by atoms with Gasteiger partial charge in [0.15, 0.2) is 6.54 Å². The summed E-state index contributed by atoms with van der Waals surface area (Å²) in [5, 5.41) is 13.7. The summed E-state index contributed by atoms with van der Waals surface area (Å²) in [7, 11) is 5.17. The first-order valence-electron chi connectivity index (χ1n) is 16.9. The average molecular weight is 638 g/mol. The van der Waals surface area contributed by atoms with Crippen LogP contribution in [-0.4, -0.2) is 84.0 Å². The van der Waals surface area contributed by atoms with E-state index >= 15 is 0 Å². The number of aryl methyl sites for hydroxylation is 2. The van der Waals surface area contributed by atoms with Gasteiger partial charge in [-0.3, -0.25) is 4.79 Å². The Kier molecular flexibility index (Phi) is 9.53. The number of rotatable bonds is 11. The van der Waals surface area contributed by atoms with Gasteiger partial charge in [0.2, 0.25) is 5.36 Å². The summed E-state index contributed by atoms with van der Waals surface area (Å²) < 4.78 is 13.4. The van der Waals surface area contributed by atoms with Crippen molar-refractivity contribution in [1.82, 2.24) is 9.48 Å². The number of fused-ring (bicyclic) bond motifs is 4. The van der Waals surface area contributed by atoms with Crippen molar-refractivity contribution in [2.75, 3.05) is 72.1 Å². The number of aliphatic carboxylic acids is 1. The second-order valence-corrected chi connectivity index (χ2v) is 13.6. The topological polar surface area (TPSA) is 85.2 Å². The number of ether oxygens (including phenoxy) is 2. The molecule has 1 amide bonds. The first-order chi connectivity index (χ1) is 22.6. The van der Waals surface area contributed by atoms with Gasteiger partial charge in [-0.25, -0.2) is 4.58 Å². The van der Waals surface area contributed by atoms with Crippen LogP contribution >= 0.6 is 0 Å². The van der Waals surface area contributed by atoms with E-state index in [-0.39, 0.29) is 24.3 Å². The van der Waals surface area contributed by atoms with Crippen molar-refractivity contribution in [1.29, 1.82) is 0 Å². The highest BCUT2D eigenvalue weighted by molar-refractivity contribution is 6.02. The third-order valence-corrected chi connectivity index (χ3v) is 10.3.